The molecular formula is C14H19FN2O7S. The zero-order chi connectivity index (χ0) is 19.0. The van der Waals surface area contributed by atoms with Crippen molar-refractivity contribution in [3.05, 3.63) is 17.7 Å². The molecule has 140 valence electrons. The fourth-order valence-corrected chi connectivity index (χ4v) is 4.28. The fourth-order valence-electron chi connectivity index (χ4n) is 2.84. The van der Waals surface area contributed by atoms with Gasteiger partial charge >= 0.3 is 11.9 Å². The zero-order valence-corrected chi connectivity index (χ0v) is 14.5. The first-order chi connectivity index (χ1) is 11.5. The minimum absolute atomic E-state index is 0.0164. The van der Waals surface area contributed by atoms with E-state index in [0.29, 0.717) is 6.42 Å². The average molecular weight is 378 g/mol. The van der Waals surface area contributed by atoms with E-state index in [2.05, 4.69) is 4.74 Å². The van der Waals surface area contributed by atoms with Crippen LogP contribution < -0.4 is 4.72 Å². The van der Waals surface area contributed by atoms with E-state index >= 15 is 0 Å². The number of rotatable bonds is 6. The van der Waals surface area contributed by atoms with Crippen LogP contribution in [0.2, 0.25) is 0 Å². The summed E-state index contributed by atoms with van der Waals surface area (Å²) >= 11 is 0. The first kappa shape index (κ1) is 19.3. The van der Waals surface area contributed by atoms with Crippen molar-refractivity contribution in [2.45, 2.75) is 42.7 Å². The number of aryl methyl sites for hydroxylation is 1. The third-order valence-corrected chi connectivity index (χ3v) is 5.60. The molecule has 3 N–H and O–H groups in total. The van der Waals surface area contributed by atoms with Gasteiger partial charge in [-0.3, -0.25) is 0 Å². The standard InChI is InChI=1S/C14H19FN2O7S/c1-3-24-12(18)11-10(15)8(7-17(11)2)25(22,23)16-9-5-4-6-14(9,21)13(19)20/h7,9,16,21H,3-6H2,1-2H3,(H,19,20)/t9-,14-/m1/s1. The molecule has 0 unspecified atom stereocenters. The van der Waals surface area contributed by atoms with Gasteiger partial charge in [-0.15, -0.1) is 0 Å². The summed E-state index contributed by atoms with van der Waals surface area (Å²) in [5, 5.41) is 19.2. The number of halogens is 1. The molecule has 0 amide bonds. The third kappa shape index (κ3) is 3.39. The molecule has 0 saturated heterocycles. The van der Waals surface area contributed by atoms with Gasteiger partial charge in [0, 0.05) is 13.2 Å². The second-order valence-corrected chi connectivity index (χ2v) is 7.47. The Morgan fingerprint density at radius 2 is 2.16 bits per heavy atom. The van der Waals surface area contributed by atoms with Crippen molar-refractivity contribution in [3.63, 3.8) is 0 Å². The number of aliphatic hydroxyl groups is 1. The molecular weight excluding hydrogens is 359 g/mol. The minimum atomic E-state index is -4.51. The van der Waals surface area contributed by atoms with Crippen LogP contribution in [0.1, 0.15) is 36.7 Å². The lowest BCUT2D eigenvalue weighted by molar-refractivity contribution is -0.159. The van der Waals surface area contributed by atoms with Crippen LogP contribution in [0, 0.1) is 5.82 Å². The second-order valence-electron chi connectivity index (χ2n) is 5.78. The average Bonchev–Trinajstić information content (AvgIpc) is 3.01. The Kier molecular flexibility index (Phi) is 5.21. The molecule has 1 saturated carbocycles. The molecule has 0 aromatic carbocycles. The maximum atomic E-state index is 14.5. The Morgan fingerprint density at radius 1 is 1.52 bits per heavy atom. The molecule has 1 aromatic heterocycles. The molecule has 9 nitrogen and oxygen atoms in total. The number of aliphatic carboxylic acids is 1. The lowest BCUT2D eigenvalue weighted by Crippen LogP contribution is -2.53. The van der Waals surface area contributed by atoms with Crippen molar-refractivity contribution < 1.29 is 37.3 Å². The fraction of sp³-hybridized carbons (Fsp3) is 0.571. The highest BCUT2D eigenvalue weighted by atomic mass is 32.2. The van der Waals surface area contributed by atoms with E-state index in [1.54, 1.807) is 0 Å². The summed E-state index contributed by atoms with van der Waals surface area (Å²) in [5.74, 6) is -3.88. The number of nitrogens with one attached hydrogen (secondary N) is 1. The van der Waals surface area contributed by atoms with Gasteiger partial charge < -0.3 is 19.5 Å². The molecule has 0 bridgehead atoms. The summed E-state index contributed by atoms with van der Waals surface area (Å²) in [5.41, 5.74) is -2.83. The van der Waals surface area contributed by atoms with E-state index in [4.69, 9.17) is 5.11 Å². The number of carbonyl (C=O) groups is 2. The van der Waals surface area contributed by atoms with Gasteiger partial charge in [0.25, 0.3) is 0 Å². The zero-order valence-electron chi connectivity index (χ0n) is 13.7. The van der Waals surface area contributed by atoms with E-state index in [1.165, 1.54) is 14.0 Å². The molecule has 2 rings (SSSR count). The van der Waals surface area contributed by atoms with Crippen LogP contribution in [-0.4, -0.2) is 53.4 Å². The number of carboxylic acid groups (broad SMARTS) is 1. The van der Waals surface area contributed by atoms with Gasteiger partial charge in [0.05, 0.1) is 12.6 Å². The molecule has 1 heterocycles. The van der Waals surface area contributed by atoms with Crippen LogP contribution in [-0.2, 0) is 26.6 Å². The lowest BCUT2D eigenvalue weighted by Gasteiger charge is -2.25. The monoisotopic (exact) mass is 378 g/mol. The summed E-state index contributed by atoms with van der Waals surface area (Å²) in [4.78, 5) is 22.1. The number of hydrogen-bond acceptors (Lipinski definition) is 6. The Morgan fingerprint density at radius 3 is 2.72 bits per heavy atom. The molecule has 1 fully saturated rings. The highest BCUT2D eigenvalue weighted by Crippen LogP contribution is 2.32. The van der Waals surface area contributed by atoms with Gasteiger partial charge in [-0.2, -0.15) is 0 Å². The second kappa shape index (κ2) is 6.73. The van der Waals surface area contributed by atoms with E-state index in [-0.39, 0.29) is 19.4 Å². The predicted octanol–water partition coefficient (Wildman–Crippen LogP) is -0.0126. The molecule has 1 aliphatic rings. The van der Waals surface area contributed by atoms with Gasteiger partial charge in [0.1, 0.15) is 4.90 Å². The molecule has 0 spiro atoms. The van der Waals surface area contributed by atoms with Crippen LogP contribution in [0.3, 0.4) is 0 Å². The topological polar surface area (TPSA) is 135 Å². The third-order valence-electron chi connectivity index (χ3n) is 4.14. The lowest BCUT2D eigenvalue weighted by atomic mass is 9.99. The smallest absolute Gasteiger partial charge is 0.358 e. The molecule has 0 radical (unpaired) electrons. The van der Waals surface area contributed by atoms with Crippen molar-refractivity contribution >= 4 is 22.0 Å². The van der Waals surface area contributed by atoms with Crippen LogP contribution >= 0.6 is 0 Å². The van der Waals surface area contributed by atoms with E-state index in [9.17, 15) is 27.5 Å². The van der Waals surface area contributed by atoms with Gasteiger partial charge in [-0.1, -0.05) is 0 Å². The summed E-state index contributed by atoms with van der Waals surface area (Å²) in [6.07, 6.45) is 1.14. The number of ether oxygens (including phenoxy) is 1. The predicted molar refractivity (Wildman–Crippen MR) is 81.9 cm³/mol. The molecule has 2 atom stereocenters. The first-order valence-corrected chi connectivity index (χ1v) is 9.03. The van der Waals surface area contributed by atoms with Gasteiger partial charge in [-0.25, -0.2) is 27.1 Å². The number of hydrogen-bond donors (Lipinski definition) is 3. The van der Waals surface area contributed by atoms with Crippen LogP contribution in [0.5, 0.6) is 0 Å². The van der Waals surface area contributed by atoms with Crippen molar-refractivity contribution in [2.75, 3.05) is 6.61 Å². The van der Waals surface area contributed by atoms with Gasteiger partial charge in [-0.05, 0) is 26.2 Å². The Labute approximate surface area is 143 Å². The Balaban J connectivity index is 2.37. The number of sulfonamides is 1. The van der Waals surface area contributed by atoms with Crippen molar-refractivity contribution in [3.8, 4) is 0 Å². The summed E-state index contributed by atoms with van der Waals surface area (Å²) in [6.45, 7) is 1.50. The normalized spacial score (nSPS) is 23.6. The summed E-state index contributed by atoms with van der Waals surface area (Å²) in [7, 11) is -3.23. The summed E-state index contributed by atoms with van der Waals surface area (Å²) < 4.78 is 47.0. The van der Waals surface area contributed by atoms with Crippen LogP contribution in [0.15, 0.2) is 11.1 Å². The highest BCUT2D eigenvalue weighted by Gasteiger charge is 2.49. The van der Waals surface area contributed by atoms with Gasteiger partial charge in [0.2, 0.25) is 10.0 Å². The van der Waals surface area contributed by atoms with Gasteiger partial charge in [0.15, 0.2) is 17.1 Å². The molecule has 1 aliphatic carbocycles. The number of carboxylic acids is 1. The number of esters is 1. The van der Waals surface area contributed by atoms with Crippen molar-refractivity contribution in [1.29, 1.82) is 0 Å². The number of carbonyl (C=O) groups excluding carboxylic acids is 1. The molecule has 25 heavy (non-hydrogen) atoms. The first-order valence-electron chi connectivity index (χ1n) is 7.54. The quantitative estimate of drug-likeness (QED) is 0.592. The van der Waals surface area contributed by atoms with E-state index in [1.807, 2.05) is 4.72 Å². The number of nitrogens with zero attached hydrogens (tertiary/aromatic N) is 1. The van der Waals surface area contributed by atoms with Crippen molar-refractivity contribution in [2.24, 2.45) is 7.05 Å². The maximum Gasteiger partial charge on any atom is 0.358 e. The highest BCUT2D eigenvalue weighted by molar-refractivity contribution is 7.89. The SMILES string of the molecule is CCOC(=O)c1c(F)c(S(=O)(=O)N[C@@H]2CCC[C@]2(O)C(=O)O)cn1C. The Bertz CT molecular complexity index is 804. The van der Waals surface area contributed by atoms with E-state index < -0.39 is 50.0 Å². The molecule has 1 aromatic rings. The Hall–Kier alpha value is -1.98. The maximum absolute atomic E-state index is 14.5. The minimum Gasteiger partial charge on any atom is -0.479 e. The van der Waals surface area contributed by atoms with E-state index in [0.717, 1.165) is 10.8 Å². The number of aromatic nitrogens is 1. The van der Waals surface area contributed by atoms with Crippen LogP contribution in [0.4, 0.5) is 4.39 Å². The molecule has 11 heteroatoms. The van der Waals surface area contributed by atoms with Crippen LogP contribution in [0.25, 0.3) is 0 Å². The molecule has 0 aliphatic heterocycles. The largest absolute Gasteiger partial charge is 0.479 e. The summed E-state index contributed by atoms with van der Waals surface area (Å²) in [6, 6.07) is -1.30. The van der Waals surface area contributed by atoms with Crippen molar-refractivity contribution in [1.82, 2.24) is 9.29 Å².